The zero-order valence-electron chi connectivity index (χ0n) is 14.6. The maximum Gasteiger partial charge on any atom is 0.233 e. The Bertz CT molecular complexity index is 787. The van der Waals surface area contributed by atoms with Crippen LogP contribution in [-0.2, 0) is 16.0 Å². The molecule has 0 spiro atoms. The summed E-state index contributed by atoms with van der Waals surface area (Å²) < 4.78 is 1.01. The Hall–Kier alpha value is -1.77. The van der Waals surface area contributed by atoms with Crippen molar-refractivity contribution in [1.82, 2.24) is 20.1 Å². The van der Waals surface area contributed by atoms with Crippen molar-refractivity contribution in [2.45, 2.75) is 6.42 Å². The number of halogens is 1. The third-order valence-corrected chi connectivity index (χ3v) is 5.76. The Morgan fingerprint density at radius 2 is 2.04 bits per heavy atom. The maximum absolute atomic E-state index is 12.5. The molecule has 1 N–H and O–H groups in total. The number of carbonyl (C=O) groups is 2. The molecule has 0 bridgehead atoms. The van der Waals surface area contributed by atoms with Gasteiger partial charge in [-0.2, -0.15) is 0 Å². The number of rotatable bonds is 5. The van der Waals surface area contributed by atoms with Gasteiger partial charge in [-0.3, -0.25) is 14.5 Å². The molecule has 0 aliphatic carbocycles. The van der Waals surface area contributed by atoms with Crippen LogP contribution in [0.1, 0.15) is 5.69 Å². The fraction of sp³-hybridized carbons (Fsp3) is 0.389. The number of likely N-dealkylation sites (N-methyl/N-ethyl adjacent to an activating group) is 1. The summed E-state index contributed by atoms with van der Waals surface area (Å²) in [6.07, 6.45) is 0.319. The van der Waals surface area contributed by atoms with Crippen LogP contribution in [-0.4, -0.2) is 66.4 Å². The summed E-state index contributed by atoms with van der Waals surface area (Å²) in [5.74, 6) is 0.100. The molecule has 8 heteroatoms. The van der Waals surface area contributed by atoms with Crippen LogP contribution in [0.5, 0.6) is 0 Å². The third kappa shape index (κ3) is 4.90. The quantitative estimate of drug-likeness (QED) is 0.778. The standard InChI is InChI=1S/C18H21BrN4O2S/c1-20-16(24)11-22-5-7-23(8-6-22)17(25)10-15-12-26-18(21-15)13-3-2-4-14(19)9-13/h2-4,9,12H,5-8,10-11H2,1H3,(H,20,24). The SMILES string of the molecule is CNC(=O)CN1CCN(C(=O)Cc2csc(-c3cccc(Br)c3)n2)CC1. The minimum Gasteiger partial charge on any atom is -0.358 e. The van der Waals surface area contributed by atoms with E-state index in [2.05, 4.69) is 31.1 Å². The number of piperazine rings is 1. The van der Waals surface area contributed by atoms with Gasteiger partial charge in [-0.15, -0.1) is 11.3 Å². The molecule has 2 heterocycles. The number of hydrogen-bond donors (Lipinski definition) is 1. The van der Waals surface area contributed by atoms with Crippen LogP contribution in [0.4, 0.5) is 0 Å². The van der Waals surface area contributed by atoms with Gasteiger partial charge in [0.15, 0.2) is 0 Å². The Labute approximate surface area is 165 Å². The average molecular weight is 437 g/mol. The second kappa shape index (κ2) is 8.75. The van der Waals surface area contributed by atoms with E-state index in [-0.39, 0.29) is 11.8 Å². The van der Waals surface area contributed by atoms with Gasteiger partial charge in [0.2, 0.25) is 11.8 Å². The van der Waals surface area contributed by atoms with E-state index in [1.165, 1.54) is 0 Å². The van der Waals surface area contributed by atoms with E-state index in [4.69, 9.17) is 0 Å². The van der Waals surface area contributed by atoms with Crippen LogP contribution >= 0.6 is 27.3 Å². The number of amides is 2. The van der Waals surface area contributed by atoms with Gasteiger partial charge in [0.25, 0.3) is 0 Å². The second-order valence-electron chi connectivity index (χ2n) is 6.16. The van der Waals surface area contributed by atoms with Crippen LogP contribution in [0.15, 0.2) is 34.1 Å². The van der Waals surface area contributed by atoms with Crippen molar-refractivity contribution in [3.05, 3.63) is 39.8 Å². The van der Waals surface area contributed by atoms with Crippen molar-refractivity contribution in [3.8, 4) is 10.6 Å². The number of nitrogens with one attached hydrogen (secondary N) is 1. The Morgan fingerprint density at radius 3 is 2.73 bits per heavy atom. The molecule has 1 fully saturated rings. The predicted octanol–water partition coefficient (Wildman–Crippen LogP) is 2.01. The van der Waals surface area contributed by atoms with Crippen LogP contribution in [0.25, 0.3) is 10.6 Å². The lowest BCUT2D eigenvalue weighted by Crippen LogP contribution is -2.51. The van der Waals surface area contributed by atoms with Gasteiger partial charge >= 0.3 is 0 Å². The lowest BCUT2D eigenvalue weighted by molar-refractivity contribution is -0.132. The number of carbonyl (C=O) groups excluding carboxylic acids is 2. The maximum atomic E-state index is 12.5. The topological polar surface area (TPSA) is 65.5 Å². The summed E-state index contributed by atoms with van der Waals surface area (Å²) >= 11 is 5.02. The molecule has 1 aromatic heterocycles. The summed E-state index contributed by atoms with van der Waals surface area (Å²) in [4.78, 5) is 32.5. The summed E-state index contributed by atoms with van der Waals surface area (Å²) in [5, 5.41) is 5.50. The van der Waals surface area contributed by atoms with Crippen molar-refractivity contribution >= 4 is 39.1 Å². The fourth-order valence-electron chi connectivity index (χ4n) is 2.85. The molecule has 1 saturated heterocycles. The number of hydrogen-bond acceptors (Lipinski definition) is 5. The zero-order valence-corrected chi connectivity index (χ0v) is 17.0. The van der Waals surface area contributed by atoms with Crippen LogP contribution in [0.2, 0.25) is 0 Å². The highest BCUT2D eigenvalue weighted by molar-refractivity contribution is 9.10. The number of thiazole rings is 1. The number of nitrogens with zero attached hydrogens (tertiary/aromatic N) is 3. The van der Waals surface area contributed by atoms with E-state index in [1.807, 2.05) is 34.5 Å². The van der Waals surface area contributed by atoms with E-state index in [0.29, 0.717) is 26.1 Å². The Balaban J connectivity index is 1.54. The van der Waals surface area contributed by atoms with Gasteiger partial charge < -0.3 is 10.2 Å². The molecule has 0 saturated carbocycles. The van der Waals surface area contributed by atoms with E-state index in [1.54, 1.807) is 18.4 Å². The van der Waals surface area contributed by atoms with Gasteiger partial charge in [-0.05, 0) is 12.1 Å². The minimum absolute atomic E-state index is 0.00679. The summed E-state index contributed by atoms with van der Waals surface area (Å²) in [6, 6.07) is 7.99. The smallest absolute Gasteiger partial charge is 0.233 e. The molecule has 6 nitrogen and oxygen atoms in total. The van der Waals surface area contributed by atoms with E-state index >= 15 is 0 Å². The fourth-order valence-corrected chi connectivity index (χ4v) is 4.06. The molecule has 1 aromatic carbocycles. The Morgan fingerprint density at radius 1 is 1.27 bits per heavy atom. The monoisotopic (exact) mass is 436 g/mol. The summed E-state index contributed by atoms with van der Waals surface area (Å²) in [6.45, 7) is 3.14. The first kappa shape index (κ1) is 19.0. The highest BCUT2D eigenvalue weighted by Gasteiger charge is 2.22. The molecule has 1 aliphatic heterocycles. The lowest BCUT2D eigenvalue weighted by atomic mass is 10.2. The first-order valence-electron chi connectivity index (χ1n) is 8.46. The number of aromatic nitrogens is 1. The summed E-state index contributed by atoms with van der Waals surface area (Å²) in [7, 11) is 1.64. The first-order chi connectivity index (χ1) is 12.5. The molecular weight excluding hydrogens is 416 g/mol. The van der Waals surface area contributed by atoms with Crippen LogP contribution in [0, 0.1) is 0 Å². The molecule has 0 radical (unpaired) electrons. The zero-order chi connectivity index (χ0) is 18.5. The van der Waals surface area contributed by atoms with E-state index in [0.717, 1.165) is 33.8 Å². The van der Waals surface area contributed by atoms with E-state index in [9.17, 15) is 9.59 Å². The molecule has 2 amide bonds. The average Bonchev–Trinajstić information content (AvgIpc) is 3.10. The molecular formula is C18H21BrN4O2S. The van der Waals surface area contributed by atoms with Crippen molar-refractivity contribution in [2.24, 2.45) is 0 Å². The van der Waals surface area contributed by atoms with Gasteiger partial charge in [0.05, 0.1) is 18.7 Å². The van der Waals surface area contributed by atoms with Gasteiger partial charge in [-0.25, -0.2) is 4.98 Å². The molecule has 3 rings (SSSR count). The van der Waals surface area contributed by atoms with Crippen LogP contribution in [0.3, 0.4) is 0 Å². The molecule has 1 aliphatic rings. The normalized spacial score (nSPS) is 15.1. The predicted molar refractivity (Wildman–Crippen MR) is 106 cm³/mol. The van der Waals surface area contributed by atoms with Crippen molar-refractivity contribution in [1.29, 1.82) is 0 Å². The molecule has 26 heavy (non-hydrogen) atoms. The van der Waals surface area contributed by atoms with Crippen LogP contribution < -0.4 is 5.32 Å². The highest BCUT2D eigenvalue weighted by Crippen LogP contribution is 2.26. The van der Waals surface area contributed by atoms with Gasteiger partial charge in [0.1, 0.15) is 5.01 Å². The van der Waals surface area contributed by atoms with Crippen molar-refractivity contribution in [3.63, 3.8) is 0 Å². The highest BCUT2D eigenvalue weighted by atomic mass is 79.9. The Kier molecular flexibility index (Phi) is 6.39. The van der Waals surface area contributed by atoms with E-state index < -0.39 is 0 Å². The van der Waals surface area contributed by atoms with Crippen molar-refractivity contribution < 1.29 is 9.59 Å². The van der Waals surface area contributed by atoms with Gasteiger partial charge in [0, 0.05) is 48.6 Å². The second-order valence-corrected chi connectivity index (χ2v) is 7.94. The van der Waals surface area contributed by atoms with Crippen molar-refractivity contribution in [2.75, 3.05) is 39.8 Å². The molecule has 2 aromatic rings. The van der Waals surface area contributed by atoms with Gasteiger partial charge in [-0.1, -0.05) is 28.1 Å². The molecule has 138 valence electrons. The minimum atomic E-state index is 0.00679. The molecule has 0 unspecified atom stereocenters. The largest absolute Gasteiger partial charge is 0.358 e. The lowest BCUT2D eigenvalue weighted by Gasteiger charge is -2.34. The number of benzene rings is 1. The molecule has 0 atom stereocenters. The third-order valence-electron chi connectivity index (χ3n) is 4.33. The summed E-state index contributed by atoms with van der Waals surface area (Å²) in [5.41, 5.74) is 1.86. The first-order valence-corrected chi connectivity index (χ1v) is 10.1.